The molecule has 0 aliphatic heterocycles. The Morgan fingerprint density at radius 1 is 1.62 bits per heavy atom. The first-order chi connectivity index (χ1) is 7.43. The summed E-state index contributed by atoms with van der Waals surface area (Å²) >= 11 is 11.0. The van der Waals surface area contributed by atoms with E-state index >= 15 is 0 Å². The van der Waals surface area contributed by atoms with E-state index in [0.29, 0.717) is 17.1 Å². The van der Waals surface area contributed by atoms with Gasteiger partial charge in [0.25, 0.3) is 0 Å². The Bertz CT molecular complexity index is 396. The van der Waals surface area contributed by atoms with Crippen molar-refractivity contribution in [1.29, 1.82) is 0 Å². The second-order valence-corrected chi connectivity index (χ2v) is 4.57. The van der Waals surface area contributed by atoms with Crippen molar-refractivity contribution in [3.05, 3.63) is 28.8 Å². The summed E-state index contributed by atoms with van der Waals surface area (Å²) in [5.41, 5.74) is 7.13. The topological polar surface area (TPSA) is 49.5 Å². The van der Waals surface area contributed by atoms with Gasteiger partial charge in [-0.25, -0.2) is 0 Å². The average Bonchev–Trinajstić information content (AvgIpc) is 2.15. The number of nitrogens with zero attached hydrogens (tertiary/aromatic N) is 1. The number of aliphatic hydroxyl groups is 1. The van der Waals surface area contributed by atoms with Crippen molar-refractivity contribution < 1.29 is 5.11 Å². The molecule has 0 heterocycles. The molecule has 1 unspecified atom stereocenters. The normalized spacial score (nSPS) is 12.2. The Morgan fingerprint density at radius 2 is 2.25 bits per heavy atom. The standard InChI is InChI=1S/C11H15ClN2OS/c1-7(15)6-14(2)9-5-3-4-8(12)10(9)11(13)16/h3-5,7,15H,6H2,1-2H3,(H2,13,16). The Hall–Kier alpha value is -0.840. The SMILES string of the molecule is CC(O)CN(C)c1cccc(Cl)c1C(N)=S. The van der Waals surface area contributed by atoms with Gasteiger partial charge in [0.2, 0.25) is 0 Å². The molecule has 1 atom stereocenters. The summed E-state index contributed by atoms with van der Waals surface area (Å²) in [6.45, 7) is 2.22. The predicted molar refractivity (Wildman–Crippen MR) is 72.3 cm³/mol. The van der Waals surface area contributed by atoms with Crippen molar-refractivity contribution in [2.24, 2.45) is 5.73 Å². The smallest absolute Gasteiger partial charge is 0.107 e. The summed E-state index contributed by atoms with van der Waals surface area (Å²) in [5.74, 6) is 0. The van der Waals surface area contributed by atoms with E-state index in [1.807, 2.05) is 24.1 Å². The molecule has 16 heavy (non-hydrogen) atoms. The monoisotopic (exact) mass is 258 g/mol. The van der Waals surface area contributed by atoms with Crippen molar-refractivity contribution in [3.8, 4) is 0 Å². The average molecular weight is 259 g/mol. The zero-order valence-corrected chi connectivity index (χ0v) is 10.8. The number of hydrogen-bond donors (Lipinski definition) is 2. The maximum atomic E-state index is 9.34. The minimum Gasteiger partial charge on any atom is -0.392 e. The molecule has 0 fully saturated rings. The molecule has 0 aromatic heterocycles. The van der Waals surface area contributed by atoms with E-state index in [1.165, 1.54) is 0 Å². The fourth-order valence-electron chi connectivity index (χ4n) is 1.57. The number of likely N-dealkylation sites (N-methyl/N-ethyl adjacent to an activating group) is 1. The van der Waals surface area contributed by atoms with E-state index in [4.69, 9.17) is 29.6 Å². The molecule has 0 radical (unpaired) electrons. The van der Waals surface area contributed by atoms with E-state index in [0.717, 1.165) is 5.69 Å². The molecule has 5 heteroatoms. The highest BCUT2D eigenvalue weighted by Crippen LogP contribution is 2.26. The third-order valence-electron chi connectivity index (χ3n) is 2.19. The summed E-state index contributed by atoms with van der Waals surface area (Å²) < 4.78 is 0. The van der Waals surface area contributed by atoms with Gasteiger partial charge in [-0.15, -0.1) is 0 Å². The fraction of sp³-hybridized carbons (Fsp3) is 0.364. The van der Waals surface area contributed by atoms with Crippen LogP contribution in [0.15, 0.2) is 18.2 Å². The summed E-state index contributed by atoms with van der Waals surface area (Å²) in [6, 6.07) is 5.45. The number of benzene rings is 1. The van der Waals surface area contributed by atoms with Gasteiger partial charge >= 0.3 is 0 Å². The summed E-state index contributed by atoms with van der Waals surface area (Å²) in [4.78, 5) is 2.14. The van der Waals surface area contributed by atoms with Crippen molar-refractivity contribution in [3.63, 3.8) is 0 Å². The van der Waals surface area contributed by atoms with Gasteiger partial charge in [-0.05, 0) is 19.1 Å². The van der Waals surface area contributed by atoms with Crippen LogP contribution >= 0.6 is 23.8 Å². The lowest BCUT2D eigenvalue weighted by Crippen LogP contribution is -2.29. The molecule has 0 saturated carbocycles. The Labute approximate surface area is 106 Å². The Kier molecular flexibility index (Phi) is 4.53. The molecule has 0 spiro atoms. The third-order valence-corrected chi connectivity index (χ3v) is 2.71. The van der Waals surface area contributed by atoms with Crippen LogP contribution in [0.2, 0.25) is 5.02 Å². The van der Waals surface area contributed by atoms with E-state index < -0.39 is 6.10 Å². The van der Waals surface area contributed by atoms with E-state index in [9.17, 15) is 5.11 Å². The maximum Gasteiger partial charge on any atom is 0.107 e. The van der Waals surface area contributed by atoms with Crippen LogP contribution in [0.3, 0.4) is 0 Å². The molecule has 0 aliphatic rings. The number of rotatable bonds is 4. The summed E-state index contributed by atoms with van der Waals surface area (Å²) in [7, 11) is 1.86. The molecule has 0 aliphatic carbocycles. The Morgan fingerprint density at radius 3 is 2.75 bits per heavy atom. The second-order valence-electron chi connectivity index (χ2n) is 3.73. The molecular weight excluding hydrogens is 244 g/mol. The van der Waals surface area contributed by atoms with Gasteiger partial charge in [-0.2, -0.15) is 0 Å². The fourth-order valence-corrected chi connectivity index (χ4v) is 2.11. The first-order valence-electron chi connectivity index (χ1n) is 4.91. The quantitative estimate of drug-likeness (QED) is 0.809. The van der Waals surface area contributed by atoms with Crippen molar-refractivity contribution in [1.82, 2.24) is 0 Å². The lowest BCUT2D eigenvalue weighted by molar-refractivity contribution is 0.201. The highest BCUT2D eigenvalue weighted by Gasteiger charge is 2.14. The number of aliphatic hydroxyl groups excluding tert-OH is 1. The largest absolute Gasteiger partial charge is 0.392 e. The van der Waals surface area contributed by atoms with Crippen molar-refractivity contribution in [2.75, 3.05) is 18.5 Å². The van der Waals surface area contributed by atoms with E-state index in [2.05, 4.69) is 0 Å². The minimum atomic E-state index is -0.428. The zero-order valence-electron chi connectivity index (χ0n) is 9.27. The number of hydrogen-bond acceptors (Lipinski definition) is 3. The number of halogens is 1. The molecule has 0 bridgehead atoms. The molecular formula is C11H15ClN2OS. The first-order valence-corrected chi connectivity index (χ1v) is 5.69. The van der Waals surface area contributed by atoms with Crippen LogP contribution in [0.5, 0.6) is 0 Å². The molecule has 88 valence electrons. The predicted octanol–water partition coefficient (Wildman–Crippen LogP) is 1.79. The molecule has 0 amide bonds. The summed E-state index contributed by atoms with van der Waals surface area (Å²) in [6.07, 6.45) is -0.428. The molecule has 1 rings (SSSR count). The van der Waals surface area contributed by atoms with E-state index in [-0.39, 0.29) is 4.99 Å². The van der Waals surface area contributed by atoms with E-state index in [1.54, 1.807) is 13.0 Å². The van der Waals surface area contributed by atoms with Gasteiger partial charge in [0.1, 0.15) is 4.99 Å². The first kappa shape index (κ1) is 13.2. The molecule has 3 N–H and O–H groups in total. The van der Waals surface area contributed by atoms with Crippen LogP contribution in [-0.2, 0) is 0 Å². The van der Waals surface area contributed by atoms with Crippen LogP contribution in [-0.4, -0.2) is 29.8 Å². The van der Waals surface area contributed by atoms with Crippen LogP contribution in [0.25, 0.3) is 0 Å². The van der Waals surface area contributed by atoms with Gasteiger partial charge in [0.05, 0.1) is 16.7 Å². The van der Waals surface area contributed by atoms with Crippen LogP contribution in [0, 0.1) is 0 Å². The maximum absolute atomic E-state index is 9.34. The molecule has 1 aromatic rings. The van der Waals surface area contributed by atoms with Gasteiger partial charge in [0.15, 0.2) is 0 Å². The lowest BCUT2D eigenvalue weighted by atomic mass is 10.1. The van der Waals surface area contributed by atoms with Gasteiger partial charge < -0.3 is 15.7 Å². The zero-order chi connectivity index (χ0) is 12.3. The molecule has 0 saturated heterocycles. The molecule has 3 nitrogen and oxygen atoms in total. The number of thiocarbonyl (C=S) groups is 1. The molecule has 1 aromatic carbocycles. The highest BCUT2D eigenvalue weighted by atomic mass is 35.5. The van der Waals surface area contributed by atoms with Crippen LogP contribution < -0.4 is 10.6 Å². The number of nitrogens with two attached hydrogens (primary N) is 1. The third kappa shape index (κ3) is 3.07. The minimum absolute atomic E-state index is 0.262. The second kappa shape index (κ2) is 5.48. The Balaban J connectivity index is 3.12. The van der Waals surface area contributed by atoms with Gasteiger partial charge in [-0.1, -0.05) is 29.9 Å². The highest BCUT2D eigenvalue weighted by molar-refractivity contribution is 7.80. The van der Waals surface area contributed by atoms with Crippen molar-refractivity contribution >= 4 is 34.5 Å². The van der Waals surface area contributed by atoms with Crippen LogP contribution in [0.1, 0.15) is 12.5 Å². The van der Waals surface area contributed by atoms with Crippen LogP contribution in [0.4, 0.5) is 5.69 Å². The van der Waals surface area contributed by atoms with Gasteiger partial charge in [0, 0.05) is 19.3 Å². The van der Waals surface area contributed by atoms with Crippen molar-refractivity contribution in [2.45, 2.75) is 13.0 Å². The number of anilines is 1. The van der Waals surface area contributed by atoms with Gasteiger partial charge in [-0.3, -0.25) is 0 Å². The lowest BCUT2D eigenvalue weighted by Gasteiger charge is -2.24. The summed E-state index contributed by atoms with van der Waals surface area (Å²) in [5, 5.41) is 9.87.